The molecule has 0 saturated carbocycles. The van der Waals surface area contributed by atoms with Crippen molar-refractivity contribution in [2.24, 2.45) is 0 Å². The molecule has 3 rings (SSSR count). The molecule has 5 heteroatoms. The van der Waals surface area contributed by atoms with E-state index in [0.29, 0.717) is 19.5 Å². The number of thiophene rings is 1. The van der Waals surface area contributed by atoms with E-state index in [1.165, 1.54) is 10.4 Å². The van der Waals surface area contributed by atoms with E-state index in [1.54, 1.807) is 16.2 Å². The second-order valence-corrected chi connectivity index (χ2v) is 8.37. The highest BCUT2D eigenvalue weighted by atomic mass is 32.1. The lowest BCUT2D eigenvalue weighted by Crippen LogP contribution is -2.47. The number of nitrogens with zero attached hydrogens (tertiary/aromatic N) is 2. The van der Waals surface area contributed by atoms with Crippen LogP contribution in [0.1, 0.15) is 61.6 Å². The first-order chi connectivity index (χ1) is 13.7. The van der Waals surface area contributed by atoms with Crippen molar-refractivity contribution in [2.75, 3.05) is 19.6 Å². The van der Waals surface area contributed by atoms with Gasteiger partial charge in [-0.05, 0) is 41.8 Å². The summed E-state index contributed by atoms with van der Waals surface area (Å²) in [5, 5.41) is 2.12. The minimum Gasteiger partial charge on any atom is -0.333 e. The lowest BCUT2D eigenvalue weighted by atomic mass is 9.93. The molecule has 0 spiro atoms. The molecule has 0 bridgehead atoms. The summed E-state index contributed by atoms with van der Waals surface area (Å²) >= 11 is 1.77. The maximum absolute atomic E-state index is 13.3. The van der Waals surface area contributed by atoms with Crippen LogP contribution in [-0.4, -0.2) is 41.2 Å². The summed E-state index contributed by atoms with van der Waals surface area (Å²) in [6.45, 7) is 5.66. The predicted octanol–water partition coefficient (Wildman–Crippen LogP) is 4.65. The van der Waals surface area contributed by atoms with Crippen LogP contribution >= 0.6 is 11.3 Å². The van der Waals surface area contributed by atoms with Crippen molar-refractivity contribution in [1.82, 2.24) is 9.80 Å². The van der Waals surface area contributed by atoms with Gasteiger partial charge >= 0.3 is 0 Å². The topological polar surface area (TPSA) is 40.6 Å². The van der Waals surface area contributed by atoms with Gasteiger partial charge < -0.3 is 9.80 Å². The van der Waals surface area contributed by atoms with Crippen molar-refractivity contribution in [3.63, 3.8) is 0 Å². The zero-order valence-electron chi connectivity index (χ0n) is 16.9. The fraction of sp³-hybridized carbons (Fsp3) is 0.478. The van der Waals surface area contributed by atoms with Crippen LogP contribution in [0, 0.1) is 0 Å². The van der Waals surface area contributed by atoms with Crippen LogP contribution in [0.15, 0.2) is 41.8 Å². The van der Waals surface area contributed by atoms with Gasteiger partial charge in [0.15, 0.2) is 0 Å². The summed E-state index contributed by atoms with van der Waals surface area (Å²) in [6, 6.07) is 12.3. The maximum Gasteiger partial charge on any atom is 0.242 e. The fourth-order valence-corrected chi connectivity index (χ4v) is 4.75. The quantitative estimate of drug-likeness (QED) is 0.649. The third kappa shape index (κ3) is 4.64. The molecular formula is C23H30N2O2S. The molecular weight excluding hydrogens is 368 g/mol. The Kier molecular flexibility index (Phi) is 7.26. The average Bonchev–Trinajstić information content (AvgIpc) is 3.19. The summed E-state index contributed by atoms with van der Waals surface area (Å²) in [7, 11) is 0. The summed E-state index contributed by atoms with van der Waals surface area (Å²) in [5.74, 6) is 0.139. The summed E-state index contributed by atoms with van der Waals surface area (Å²) < 4.78 is 0. The Hall–Kier alpha value is -2.14. The summed E-state index contributed by atoms with van der Waals surface area (Å²) in [4.78, 5) is 31.0. The molecule has 1 aromatic carbocycles. The molecule has 2 heterocycles. The van der Waals surface area contributed by atoms with Crippen LogP contribution < -0.4 is 0 Å². The predicted molar refractivity (Wildman–Crippen MR) is 114 cm³/mol. The third-order valence-corrected chi connectivity index (χ3v) is 6.32. The van der Waals surface area contributed by atoms with E-state index in [-0.39, 0.29) is 24.4 Å². The van der Waals surface area contributed by atoms with Crippen molar-refractivity contribution in [2.45, 2.75) is 52.0 Å². The van der Waals surface area contributed by atoms with Gasteiger partial charge in [-0.15, -0.1) is 11.3 Å². The Morgan fingerprint density at radius 3 is 2.64 bits per heavy atom. The standard InChI is InChI=1S/C23H30N2O2S/c1-3-5-14-24(21(26)9-4-2)17-22(27)25-15-12-20-19(13-16-28-20)23(25)18-10-7-6-8-11-18/h6-8,10-11,13,16,23H,3-5,9,12,14-15,17H2,1-2H3/t23-/m1/s1. The molecule has 1 aliphatic heterocycles. The first-order valence-electron chi connectivity index (χ1n) is 10.3. The smallest absolute Gasteiger partial charge is 0.242 e. The van der Waals surface area contributed by atoms with Crippen LogP contribution in [0.3, 0.4) is 0 Å². The third-order valence-electron chi connectivity index (χ3n) is 5.33. The maximum atomic E-state index is 13.3. The van der Waals surface area contributed by atoms with Gasteiger partial charge in [-0.2, -0.15) is 0 Å². The Balaban J connectivity index is 1.83. The highest BCUT2D eigenvalue weighted by Gasteiger charge is 2.33. The molecule has 0 aliphatic carbocycles. The van der Waals surface area contributed by atoms with Crippen molar-refractivity contribution in [3.8, 4) is 0 Å². The van der Waals surface area contributed by atoms with E-state index < -0.39 is 0 Å². The lowest BCUT2D eigenvalue weighted by molar-refractivity contribution is -0.141. The SMILES string of the molecule is CCCCN(CC(=O)N1CCc2sccc2[C@H]1c1ccccc1)C(=O)CCC. The van der Waals surface area contributed by atoms with E-state index in [0.717, 1.165) is 31.2 Å². The molecule has 0 fully saturated rings. The summed E-state index contributed by atoms with van der Waals surface area (Å²) in [5.41, 5.74) is 2.37. The number of unbranched alkanes of at least 4 members (excludes halogenated alkanes) is 1. The Bertz CT molecular complexity index is 787. The molecule has 4 nitrogen and oxygen atoms in total. The number of carbonyl (C=O) groups excluding carboxylic acids is 2. The number of fused-ring (bicyclic) bond motifs is 1. The molecule has 150 valence electrons. The van der Waals surface area contributed by atoms with Crippen LogP contribution in [-0.2, 0) is 16.0 Å². The number of hydrogen-bond donors (Lipinski definition) is 0. The number of hydrogen-bond acceptors (Lipinski definition) is 3. The number of rotatable bonds is 8. The van der Waals surface area contributed by atoms with Crippen LogP contribution in [0.4, 0.5) is 0 Å². The molecule has 1 atom stereocenters. The number of amides is 2. The molecule has 1 aliphatic rings. The van der Waals surface area contributed by atoms with Crippen molar-refractivity contribution in [3.05, 3.63) is 57.8 Å². The molecule has 1 aromatic heterocycles. The summed E-state index contributed by atoms with van der Waals surface area (Å²) in [6.07, 6.45) is 4.15. The van der Waals surface area contributed by atoms with E-state index in [9.17, 15) is 9.59 Å². The second kappa shape index (κ2) is 9.87. The van der Waals surface area contributed by atoms with Crippen molar-refractivity contribution in [1.29, 1.82) is 0 Å². The van der Waals surface area contributed by atoms with Gasteiger partial charge in [0.05, 0.1) is 12.6 Å². The zero-order valence-corrected chi connectivity index (χ0v) is 17.7. The minimum atomic E-state index is -0.0574. The Morgan fingerprint density at radius 2 is 1.93 bits per heavy atom. The van der Waals surface area contributed by atoms with Crippen LogP contribution in [0.5, 0.6) is 0 Å². The lowest BCUT2D eigenvalue weighted by Gasteiger charge is -2.37. The van der Waals surface area contributed by atoms with Crippen LogP contribution in [0.25, 0.3) is 0 Å². The largest absolute Gasteiger partial charge is 0.333 e. The van der Waals surface area contributed by atoms with E-state index in [1.807, 2.05) is 30.0 Å². The van der Waals surface area contributed by atoms with Gasteiger partial charge in [0.1, 0.15) is 0 Å². The highest BCUT2D eigenvalue weighted by Crippen LogP contribution is 2.37. The number of carbonyl (C=O) groups is 2. The average molecular weight is 399 g/mol. The molecule has 28 heavy (non-hydrogen) atoms. The molecule has 0 N–H and O–H groups in total. The second-order valence-electron chi connectivity index (χ2n) is 7.37. The van der Waals surface area contributed by atoms with Gasteiger partial charge in [-0.25, -0.2) is 0 Å². The highest BCUT2D eigenvalue weighted by molar-refractivity contribution is 7.10. The molecule has 2 amide bonds. The minimum absolute atomic E-state index is 0.0475. The zero-order chi connectivity index (χ0) is 19.9. The molecule has 2 aromatic rings. The Labute approximate surface area is 172 Å². The van der Waals surface area contributed by atoms with E-state index in [2.05, 4.69) is 30.5 Å². The van der Waals surface area contributed by atoms with Gasteiger partial charge in [-0.3, -0.25) is 9.59 Å². The number of benzene rings is 1. The van der Waals surface area contributed by atoms with E-state index in [4.69, 9.17) is 0 Å². The van der Waals surface area contributed by atoms with Gasteiger partial charge in [0.2, 0.25) is 11.8 Å². The Morgan fingerprint density at radius 1 is 1.14 bits per heavy atom. The first kappa shape index (κ1) is 20.6. The van der Waals surface area contributed by atoms with E-state index >= 15 is 0 Å². The van der Waals surface area contributed by atoms with Crippen molar-refractivity contribution >= 4 is 23.2 Å². The normalized spacial score (nSPS) is 15.9. The van der Waals surface area contributed by atoms with Gasteiger partial charge in [-0.1, -0.05) is 50.6 Å². The first-order valence-corrected chi connectivity index (χ1v) is 11.2. The molecule has 0 radical (unpaired) electrons. The van der Waals surface area contributed by atoms with Crippen molar-refractivity contribution < 1.29 is 9.59 Å². The van der Waals surface area contributed by atoms with Crippen LogP contribution in [0.2, 0.25) is 0 Å². The molecule has 0 unspecified atom stereocenters. The monoisotopic (exact) mass is 398 g/mol. The molecule has 0 saturated heterocycles. The van der Waals surface area contributed by atoms with Gasteiger partial charge in [0.25, 0.3) is 0 Å². The fourth-order valence-electron chi connectivity index (χ4n) is 3.85. The van der Waals surface area contributed by atoms with Gasteiger partial charge in [0, 0.05) is 24.4 Å².